The van der Waals surface area contributed by atoms with Gasteiger partial charge in [0.05, 0.1) is 5.69 Å². The van der Waals surface area contributed by atoms with Crippen molar-refractivity contribution in [3.8, 4) is 55.8 Å². The molecule has 9 aromatic carbocycles. The molecule has 246 valence electrons. The lowest BCUT2D eigenvalue weighted by molar-refractivity contribution is 0.661. The van der Waals surface area contributed by atoms with E-state index in [0.717, 1.165) is 5.69 Å². The smallest absolute Gasteiger partial charge is 0.0793 e. The monoisotopic (exact) mass is 671 g/mol. The first-order chi connectivity index (χ1) is 26.1. The topological polar surface area (TPSA) is 12.9 Å². The van der Waals surface area contributed by atoms with Crippen molar-refractivity contribution in [2.24, 2.45) is 0 Å². The van der Waals surface area contributed by atoms with Crippen LogP contribution in [0.25, 0.3) is 110 Å². The lowest BCUT2D eigenvalue weighted by Crippen LogP contribution is -2.14. The average Bonchev–Trinajstić information content (AvgIpc) is 3.66. The van der Waals surface area contributed by atoms with E-state index in [-0.39, 0.29) is 5.41 Å². The Balaban J connectivity index is 1.31. The Morgan fingerprint density at radius 2 is 0.981 bits per heavy atom. The Labute approximate surface area is 307 Å². The molecule has 0 spiro atoms. The van der Waals surface area contributed by atoms with E-state index in [1.54, 1.807) is 0 Å². The summed E-state index contributed by atoms with van der Waals surface area (Å²) in [6, 6.07) is 59.2. The second kappa shape index (κ2) is 10.3. The molecule has 0 N–H and O–H groups in total. The second-order valence-corrected chi connectivity index (χ2v) is 15.4. The molecule has 0 saturated carbocycles. The number of pyridine rings is 1. The summed E-state index contributed by atoms with van der Waals surface area (Å²) in [5, 5.41) is 12.7. The maximum Gasteiger partial charge on any atom is 0.0793 e. The number of nitrogens with zero attached hydrogens (tertiary/aromatic N) is 1. The number of fused-ring (bicyclic) bond motifs is 11. The van der Waals surface area contributed by atoms with Crippen LogP contribution in [-0.4, -0.2) is 4.98 Å². The van der Waals surface area contributed by atoms with Gasteiger partial charge in [-0.05, 0) is 123 Å². The van der Waals surface area contributed by atoms with Gasteiger partial charge in [0.1, 0.15) is 0 Å². The van der Waals surface area contributed by atoms with E-state index in [4.69, 9.17) is 4.98 Å². The Bertz CT molecular complexity index is 3250. The molecule has 53 heavy (non-hydrogen) atoms. The first-order valence-electron chi connectivity index (χ1n) is 18.6. The minimum absolute atomic E-state index is 0.135. The predicted molar refractivity (Wildman–Crippen MR) is 225 cm³/mol. The third-order valence-corrected chi connectivity index (χ3v) is 12.4. The fourth-order valence-electron chi connectivity index (χ4n) is 10.1. The SMILES string of the molecule is CC1(C)c2ccccc2-c2cc3c(-c4ccc5ccccc5c4)c4ccccc4c(-c4c5ccccc5c5c6c(cccc46)-c4cccnc4-5)c3cc21. The summed E-state index contributed by atoms with van der Waals surface area (Å²) in [7, 11) is 0. The summed E-state index contributed by atoms with van der Waals surface area (Å²) in [6.45, 7) is 4.79. The first kappa shape index (κ1) is 29.1. The number of benzene rings is 9. The second-order valence-electron chi connectivity index (χ2n) is 15.4. The van der Waals surface area contributed by atoms with Gasteiger partial charge in [0.25, 0.3) is 0 Å². The van der Waals surface area contributed by atoms with Gasteiger partial charge in [0, 0.05) is 28.1 Å². The van der Waals surface area contributed by atoms with Crippen molar-refractivity contribution in [1.29, 1.82) is 0 Å². The molecule has 2 aliphatic rings. The maximum atomic E-state index is 4.99. The highest BCUT2D eigenvalue weighted by atomic mass is 14.7. The van der Waals surface area contributed by atoms with Gasteiger partial charge < -0.3 is 0 Å². The van der Waals surface area contributed by atoms with Gasteiger partial charge in [-0.3, -0.25) is 4.98 Å². The predicted octanol–water partition coefficient (Wildman–Crippen LogP) is 14.1. The normalized spacial score (nSPS) is 13.6. The van der Waals surface area contributed by atoms with Crippen LogP contribution in [0.2, 0.25) is 0 Å². The highest BCUT2D eigenvalue weighted by molar-refractivity contribution is 6.33. The van der Waals surface area contributed by atoms with E-state index in [1.807, 2.05) is 6.20 Å². The highest BCUT2D eigenvalue weighted by Gasteiger charge is 2.37. The van der Waals surface area contributed by atoms with Crippen molar-refractivity contribution in [2.75, 3.05) is 0 Å². The van der Waals surface area contributed by atoms with Gasteiger partial charge >= 0.3 is 0 Å². The van der Waals surface area contributed by atoms with Gasteiger partial charge in [-0.15, -0.1) is 0 Å². The van der Waals surface area contributed by atoms with Crippen LogP contribution in [0.15, 0.2) is 164 Å². The molecule has 2 aliphatic carbocycles. The van der Waals surface area contributed by atoms with Gasteiger partial charge in [0.15, 0.2) is 0 Å². The van der Waals surface area contributed by atoms with Crippen LogP contribution in [0, 0.1) is 0 Å². The molecular formula is C52H33N. The van der Waals surface area contributed by atoms with E-state index in [1.165, 1.54) is 115 Å². The molecule has 0 radical (unpaired) electrons. The number of hydrogen-bond donors (Lipinski definition) is 0. The summed E-state index contributed by atoms with van der Waals surface area (Å²) in [5.74, 6) is 0. The molecule has 12 rings (SSSR count). The molecule has 1 heteroatoms. The highest BCUT2D eigenvalue weighted by Crippen LogP contribution is 2.57. The Kier molecular flexibility index (Phi) is 5.63. The Morgan fingerprint density at radius 1 is 0.377 bits per heavy atom. The largest absolute Gasteiger partial charge is 0.256 e. The summed E-state index contributed by atoms with van der Waals surface area (Å²) in [5.41, 5.74) is 15.3. The fraction of sp³-hybridized carbons (Fsp3) is 0.0577. The van der Waals surface area contributed by atoms with Crippen LogP contribution in [-0.2, 0) is 5.41 Å². The summed E-state index contributed by atoms with van der Waals surface area (Å²) in [6.07, 6.45) is 1.94. The van der Waals surface area contributed by atoms with Gasteiger partial charge in [-0.2, -0.15) is 0 Å². The third-order valence-electron chi connectivity index (χ3n) is 12.4. The zero-order chi connectivity index (χ0) is 35.0. The standard InChI is InChI=1S/C52H33N/c1-52(2)44-23-10-9-15-33(44)41-28-42-43(29-45(41)52)49(35-17-6-5-16-34(35)46(42)32-25-24-30-13-3-4-14-31(30)27-32)47-36-18-7-8-19-37(36)50-48-38(20-11-21-40(47)48)39-22-12-26-53-51(39)50/h3-29H,1-2H3. The van der Waals surface area contributed by atoms with Gasteiger partial charge in [-0.25, -0.2) is 0 Å². The van der Waals surface area contributed by atoms with Crippen molar-refractivity contribution >= 4 is 53.9 Å². The molecule has 0 saturated heterocycles. The zero-order valence-electron chi connectivity index (χ0n) is 29.5. The lowest BCUT2D eigenvalue weighted by Gasteiger charge is -2.25. The van der Waals surface area contributed by atoms with Crippen LogP contribution in [0.3, 0.4) is 0 Å². The summed E-state index contributed by atoms with van der Waals surface area (Å²) >= 11 is 0. The fourth-order valence-corrected chi connectivity index (χ4v) is 10.1. The molecule has 0 bridgehead atoms. The zero-order valence-corrected chi connectivity index (χ0v) is 29.5. The van der Waals surface area contributed by atoms with Crippen LogP contribution in [0.4, 0.5) is 0 Å². The van der Waals surface area contributed by atoms with E-state index in [0.29, 0.717) is 0 Å². The quantitative estimate of drug-likeness (QED) is 0.167. The van der Waals surface area contributed by atoms with E-state index >= 15 is 0 Å². The molecule has 0 amide bonds. The maximum absolute atomic E-state index is 4.99. The number of hydrogen-bond acceptors (Lipinski definition) is 1. The number of aromatic nitrogens is 1. The van der Waals surface area contributed by atoms with Crippen LogP contribution < -0.4 is 0 Å². The molecule has 10 aromatic rings. The Morgan fingerprint density at radius 3 is 1.79 bits per heavy atom. The molecule has 1 aromatic heterocycles. The van der Waals surface area contributed by atoms with Crippen molar-refractivity contribution < 1.29 is 0 Å². The molecular weight excluding hydrogens is 639 g/mol. The van der Waals surface area contributed by atoms with E-state index < -0.39 is 0 Å². The molecule has 0 unspecified atom stereocenters. The molecule has 0 fully saturated rings. The van der Waals surface area contributed by atoms with Crippen molar-refractivity contribution in [2.45, 2.75) is 19.3 Å². The van der Waals surface area contributed by atoms with E-state index in [2.05, 4.69) is 172 Å². The Hall–Kier alpha value is -6.57. The van der Waals surface area contributed by atoms with Crippen molar-refractivity contribution in [3.63, 3.8) is 0 Å². The minimum Gasteiger partial charge on any atom is -0.256 e. The van der Waals surface area contributed by atoms with Crippen LogP contribution in [0.5, 0.6) is 0 Å². The third kappa shape index (κ3) is 3.74. The van der Waals surface area contributed by atoms with Crippen LogP contribution in [0.1, 0.15) is 25.0 Å². The molecule has 0 atom stereocenters. The molecule has 0 aliphatic heterocycles. The molecule has 1 nitrogen and oxygen atoms in total. The van der Waals surface area contributed by atoms with Gasteiger partial charge in [-0.1, -0.05) is 147 Å². The lowest BCUT2D eigenvalue weighted by atomic mass is 9.78. The minimum atomic E-state index is -0.135. The summed E-state index contributed by atoms with van der Waals surface area (Å²) in [4.78, 5) is 4.99. The number of rotatable bonds is 2. The van der Waals surface area contributed by atoms with Crippen LogP contribution >= 0.6 is 0 Å². The van der Waals surface area contributed by atoms with Crippen molar-refractivity contribution in [3.05, 3.63) is 175 Å². The van der Waals surface area contributed by atoms with Gasteiger partial charge in [0.2, 0.25) is 0 Å². The first-order valence-corrected chi connectivity index (χ1v) is 18.6. The average molecular weight is 672 g/mol. The molecule has 1 heterocycles. The van der Waals surface area contributed by atoms with E-state index in [9.17, 15) is 0 Å². The van der Waals surface area contributed by atoms with Crippen molar-refractivity contribution in [1.82, 2.24) is 4.98 Å². The summed E-state index contributed by atoms with van der Waals surface area (Å²) < 4.78 is 0.